The SMILES string of the molecule is C[Si](C)(C)c1cc(C23CC4CC(CC(C4)C2CP)C3)c(C(P)(C2CCCCN2)C2CCCCN2)[cH-]1.[Fe+2].c1cc[cH-]c1. The standard InChI is InChI=1S/C30H51N2P2Si.C5H5.Fe/c1-35(2,3)23-15-24(29-17-20-12-21(18-29)14-22(13-20)26(29)19-33)25(16-23)30(34,27-8-4-6-10-31-27)28-9-5-7-11-32-28;1-2-4-5-3-1;/h15-16,20-22,26-28,31-32H,4-14,17-19,33-34H2,1-3H3;1-5H;/q2*-1;+2. The molecule has 6 aliphatic rings. The van der Waals surface area contributed by atoms with E-state index in [4.69, 9.17) is 0 Å². The molecule has 8 rings (SSSR count). The molecular formula is C35H56FeN2P2Si. The van der Waals surface area contributed by atoms with Crippen LogP contribution in [0.25, 0.3) is 0 Å². The van der Waals surface area contributed by atoms with E-state index in [0.29, 0.717) is 17.5 Å². The first-order chi connectivity index (χ1) is 19.3. The van der Waals surface area contributed by atoms with Crippen molar-refractivity contribution in [2.24, 2.45) is 23.7 Å². The molecule has 4 saturated carbocycles. The van der Waals surface area contributed by atoms with Crippen LogP contribution in [0.5, 0.6) is 0 Å². The van der Waals surface area contributed by atoms with Crippen molar-refractivity contribution in [2.75, 3.05) is 19.3 Å². The van der Waals surface area contributed by atoms with Crippen molar-refractivity contribution in [3.63, 3.8) is 0 Å². The van der Waals surface area contributed by atoms with Crippen LogP contribution in [-0.4, -0.2) is 39.4 Å². The first-order valence-electron chi connectivity index (χ1n) is 16.7. The van der Waals surface area contributed by atoms with E-state index in [1.165, 1.54) is 89.9 Å². The van der Waals surface area contributed by atoms with Crippen LogP contribution >= 0.6 is 18.5 Å². The molecule has 4 bridgehead atoms. The van der Waals surface area contributed by atoms with Crippen molar-refractivity contribution in [3.8, 4) is 0 Å². The van der Waals surface area contributed by atoms with Crippen LogP contribution in [-0.2, 0) is 27.6 Å². The van der Waals surface area contributed by atoms with Crippen molar-refractivity contribution in [1.29, 1.82) is 0 Å². The number of nitrogens with one attached hydrogen (secondary N) is 2. The minimum Gasteiger partial charge on any atom is -0.313 e. The molecule has 0 aromatic heterocycles. The molecule has 2 saturated heterocycles. The molecule has 2 N–H and O–H groups in total. The summed E-state index contributed by atoms with van der Waals surface area (Å²) in [6.45, 7) is 10.1. The molecule has 6 heteroatoms. The van der Waals surface area contributed by atoms with E-state index in [2.05, 4.69) is 60.9 Å². The summed E-state index contributed by atoms with van der Waals surface area (Å²) in [6.07, 6.45) is 16.9. The second-order valence-corrected chi connectivity index (χ2v) is 21.8. The Morgan fingerprint density at radius 2 is 1.51 bits per heavy atom. The molecule has 6 fully saturated rings. The van der Waals surface area contributed by atoms with Crippen LogP contribution in [0.1, 0.15) is 81.8 Å². The average Bonchev–Trinajstić information content (AvgIpc) is 3.68. The zero-order chi connectivity index (χ0) is 28.0. The van der Waals surface area contributed by atoms with Gasteiger partial charge in [-0.1, -0.05) is 50.7 Å². The quantitative estimate of drug-likeness (QED) is 0.195. The van der Waals surface area contributed by atoms with Crippen LogP contribution in [0, 0.1) is 23.7 Å². The molecule has 2 aliphatic heterocycles. The monoisotopic (exact) mass is 650 g/mol. The van der Waals surface area contributed by atoms with Gasteiger partial charge in [-0.15, -0.1) is 18.5 Å². The first kappa shape index (κ1) is 32.6. The number of piperidine rings is 2. The fourth-order valence-electron chi connectivity index (χ4n) is 10.2. The summed E-state index contributed by atoms with van der Waals surface area (Å²) in [6, 6.07) is 16.7. The predicted molar refractivity (Wildman–Crippen MR) is 183 cm³/mol. The Labute approximate surface area is 267 Å². The summed E-state index contributed by atoms with van der Waals surface area (Å²) in [5.74, 6) is 3.80. The predicted octanol–water partition coefficient (Wildman–Crippen LogP) is 7.28. The molecule has 0 amide bonds. The molecule has 7 atom stereocenters. The van der Waals surface area contributed by atoms with E-state index < -0.39 is 8.07 Å². The summed E-state index contributed by atoms with van der Waals surface area (Å²) >= 11 is 0. The molecule has 0 spiro atoms. The van der Waals surface area contributed by atoms with Crippen LogP contribution < -0.4 is 15.8 Å². The number of rotatable bonds is 6. The van der Waals surface area contributed by atoms with Gasteiger partial charge in [-0.2, -0.15) is 40.6 Å². The minimum absolute atomic E-state index is 0. The van der Waals surface area contributed by atoms with E-state index in [-0.39, 0.29) is 22.2 Å². The van der Waals surface area contributed by atoms with E-state index in [1.54, 1.807) is 10.8 Å². The Bertz CT molecular complexity index is 1050. The molecule has 41 heavy (non-hydrogen) atoms. The van der Waals surface area contributed by atoms with Gasteiger partial charge in [0.1, 0.15) is 0 Å². The molecular weight excluding hydrogens is 594 g/mol. The van der Waals surface area contributed by atoms with Crippen molar-refractivity contribution < 1.29 is 17.1 Å². The third-order valence-corrected chi connectivity index (χ3v) is 15.5. The van der Waals surface area contributed by atoms with Crippen molar-refractivity contribution in [3.05, 3.63) is 53.6 Å². The summed E-state index contributed by atoms with van der Waals surface area (Å²) in [7, 11) is 5.36. The maximum Gasteiger partial charge on any atom is 2.00 e. The van der Waals surface area contributed by atoms with Gasteiger partial charge in [-0.3, -0.25) is 0 Å². The van der Waals surface area contributed by atoms with Gasteiger partial charge in [0.15, 0.2) is 0 Å². The topological polar surface area (TPSA) is 24.1 Å². The van der Waals surface area contributed by atoms with Gasteiger partial charge in [-0.05, 0) is 87.9 Å². The fraction of sp³-hybridized carbons (Fsp3) is 0.714. The van der Waals surface area contributed by atoms with Crippen LogP contribution in [0.2, 0.25) is 19.6 Å². The molecule has 2 aromatic rings. The zero-order valence-corrected chi connectivity index (χ0v) is 30.3. The molecule has 2 aromatic carbocycles. The zero-order valence-electron chi connectivity index (χ0n) is 25.9. The van der Waals surface area contributed by atoms with Gasteiger partial charge < -0.3 is 10.6 Å². The second kappa shape index (κ2) is 13.3. The van der Waals surface area contributed by atoms with Gasteiger partial charge >= 0.3 is 17.1 Å². The summed E-state index contributed by atoms with van der Waals surface area (Å²) in [4.78, 5) is 0. The van der Waals surface area contributed by atoms with Crippen LogP contribution in [0.4, 0.5) is 0 Å². The van der Waals surface area contributed by atoms with Gasteiger partial charge in [0, 0.05) is 17.2 Å². The maximum absolute atomic E-state index is 4.08. The fourth-order valence-corrected chi connectivity index (χ4v) is 13.0. The first-order valence-corrected chi connectivity index (χ1v) is 21.6. The summed E-state index contributed by atoms with van der Waals surface area (Å²) in [5, 5.41) is 9.97. The molecule has 4 aliphatic carbocycles. The smallest absolute Gasteiger partial charge is 0.313 e. The molecule has 0 radical (unpaired) electrons. The van der Waals surface area contributed by atoms with Gasteiger partial charge in [-0.25, -0.2) is 18.2 Å². The maximum atomic E-state index is 4.08. The van der Waals surface area contributed by atoms with Crippen LogP contribution in [0.3, 0.4) is 0 Å². The van der Waals surface area contributed by atoms with E-state index in [1.807, 2.05) is 35.9 Å². The Hall–Kier alpha value is 0.216. The minimum atomic E-state index is -1.42. The molecule has 2 nitrogen and oxygen atoms in total. The number of hydrogen-bond donors (Lipinski definition) is 2. The van der Waals surface area contributed by atoms with Crippen molar-refractivity contribution in [2.45, 2.75) is 113 Å². The van der Waals surface area contributed by atoms with Gasteiger partial charge in [0.05, 0.1) is 8.07 Å². The van der Waals surface area contributed by atoms with Gasteiger partial charge in [0.2, 0.25) is 0 Å². The second-order valence-electron chi connectivity index (χ2n) is 15.3. The summed E-state index contributed by atoms with van der Waals surface area (Å²) in [5.41, 5.74) is 4.01. The normalized spacial score (nSPS) is 36.1. The average molecular weight is 651 g/mol. The third-order valence-electron chi connectivity index (χ3n) is 11.9. The molecule has 7 unspecified atom stereocenters. The number of hydrogen-bond acceptors (Lipinski definition) is 2. The van der Waals surface area contributed by atoms with Crippen molar-refractivity contribution in [1.82, 2.24) is 10.6 Å². The molecule has 2 heterocycles. The Kier molecular flexibility index (Phi) is 10.6. The summed E-state index contributed by atoms with van der Waals surface area (Å²) < 4.78 is 0. The largest absolute Gasteiger partial charge is 2.00 e. The van der Waals surface area contributed by atoms with Crippen molar-refractivity contribution >= 4 is 31.7 Å². The van der Waals surface area contributed by atoms with E-state index in [0.717, 1.165) is 23.7 Å². The molecule has 228 valence electrons. The third kappa shape index (κ3) is 6.21. The Morgan fingerprint density at radius 1 is 0.927 bits per heavy atom. The van der Waals surface area contributed by atoms with Gasteiger partial charge in [0.25, 0.3) is 0 Å². The Balaban J connectivity index is 0.000000510. The van der Waals surface area contributed by atoms with Crippen LogP contribution in [0.15, 0.2) is 42.5 Å². The van der Waals surface area contributed by atoms with E-state index >= 15 is 0 Å². The Morgan fingerprint density at radius 3 is 1.95 bits per heavy atom. The van der Waals surface area contributed by atoms with E-state index in [9.17, 15) is 0 Å².